The summed E-state index contributed by atoms with van der Waals surface area (Å²) >= 11 is 5.77. The van der Waals surface area contributed by atoms with Crippen LogP contribution in [0.1, 0.15) is 0 Å². The smallest absolute Gasteiger partial charge is 0.148 e. The van der Waals surface area contributed by atoms with Gasteiger partial charge in [0.2, 0.25) is 0 Å². The quantitative estimate of drug-likeness (QED) is 0.618. The lowest BCUT2D eigenvalue weighted by atomic mass is 10.3. The summed E-state index contributed by atoms with van der Waals surface area (Å²) in [6, 6.07) is 8.11. The molecule has 0 spiro atoms. The van der Waals surface area contributed by atoms with Gasteiger partial charge in [-0.1, -0.05) is 23.7 Å². The number of rotatable bonds is 1. The van der Waals surface area contributed by atoms with E-state index in [0.717, 1.165) is 5.39 Å². The number of para-hydroxylation sites is 1. The van der Waals surface area contributed by atoms with Crippen LogP contribution in [0.5, 0.6) is 0 Å². The van der Waals surface area contributed by atoms with Gasteiger partial charge >= 0.3 is 0 Å². The fraction of sp³-hybridized carbons (Fsp3) is 0. The van der Waals surface area contributed by atoms with Crippen molar-refractivity contribution in [3.63, 3.8) is 0 Å². The third-order valence-corrected chi connectivity index (χ3v) is 2.66. The summed E-state index contributed by atoms with van der Waals surface area (Å²) in [5.41, 5.74) is 1.09. The van der Waals surface area contributed by atoms with E-state index in [-0.39, 0.29) is 5.82 Å². The van der Waals surface area contributed by atoms with Crippen LogP contribution in [0.3, 0.4) is 0 Å². The number of pyridine rings is 1. The Hall–Kier alpha value is -1.94. The average molecular weight is 248 g/mol. The molecule has 0 saturated heterocycles. The topological polar surface area (TPSA) is 30.7 Å². The molecule has 0 aliphatic rings. The van der Waals surface area contributed by atoms with Crippen LogP contribution in [0.25, 0.3) is 16.6 Å². The van der Waals surface area contributed by atoms with E-state index in [2.05, 4.69) is 10.1 Å². The van der Waals surface area contributed by atoms with E-state index in [1.807, 2.05) is 0 Å². The highest BCUT2D eigenvalue weighted by Crippen LogP contribution is 2.19. The number of halogens is 2. The van der Waals surface area contributed by atoms with Crippen LogP contribution in [0, 0.1) is 5.82 Å². The van der Waals surface area contributed by atoms with Crippen LogP contribution in [0.2, 0.25) is 5.15 Å². The molecule has 3 aromatic rings. The Kier molecular flexibility index (Phi) is 2.30. The lowest BCUT2D eigenvalue weighted by molar-refractivity contribution is 0.611. The van der Waals surface area contributed by atoms with Crippen LogP contribution in [0.4, 0.5) is 4.39 Å². The lowest BCUT2D eigenvalue weighted by Crippen LogP contribution is -1.97. The second-order valence-corrected chi connectivity index (χ2v) is 3.98. The third-order valence-electron chi connectivity index (χ3n) is 2.45. The van der Waals surface area contributed by atoms with Gasteiger partial charge in [0.25, 0.3) is 0 Å². The van der Waals surface area contributed by atoms with Gasteiger partial charge in [-0.3, -0.25) is 0 Å². The van der Waals surface area contributed by atoms with Gasteiger partial charge in [-0.2, -0.15) is 5.10 Å². The van der Waals surface area contributed by atoms with E-state index in [0.29, 0.717) is 16.4 Å². The zero-order chi connectivity index (χ0) is 11.8. The Morgan fingerprint density at radius 1 is 1.24 bits per heavy atom. The molecule has 2 heterocycles. The molecule has 3 nitrogen and oxygen atoms in total. The number of aromatic nitrogens is 3. The molecule has 0 radical (unpaired) electrons. The molecule has 0 aliphatic heterocycles. The van der Waals surface area contributed by atoms with E-state index in [4.69, 9.17) is 11.6 Å². The first-order chi connectivity index (χ1) is 8.24. The van der Waals surface area contributed by atoms with Crippen molar-refractivity contribution in [3.8, 4) is 5.69 Å². The molecule has 0 aliphatic carbocycles. The minimum Gasteiger partial charge on any atom is -0.244 e. The molecule has 84 valence electrons. The van der Waals surface area contributed by atoms with Gasteiger partial charge in [-0.15, -0.1) is 0 Å². The number of fused-ring (bicyclic) bond motifs is 1. The first-order valence-electron chi connectivity index (χ1n) is 5.00. The summed E-state index contributed by atoms with van der Waals surface area (Å²) in [5, 5.41) is 5.45. The van der Waals surface area contributed by atoms with Crippen molar-refractivity contribution in [3.05, 3.63) is 53.7 Å². The van der Waals surface area contributed by atoms with Gasteiger partial charge in [0.05, 0.1) is 5.52 Å². The van der Waals surface area contributed by atoms with Gasteiger partial charge in [0.1, 0.15) is 16.7 Å². The molecule has 0 amide bonds. The van der Waals surface area contributed by atoms with Crippen LogP contribution in [0.15, 0.2) is 42.7 Å². The standard InChI is InChI=1S/C12H7ClFN3/c13-12-5-10-8(6-15-12)7-17(16-10)11-4-2-1-3-9(11)14/h1-7H. The summed E-state index contributed by atoms with van der Waals surface area (Å²) in [4.78, 5) is 3.96. The SMILES string of the molecule is Fc1ccccc1-n1cc2cnc(Cl)cc2n1. The van der Waals surface area contributed by atoms with Crippen molar-refractivity contribution in [2.45, 2.75) is 0 Å². The molecule has 0 atom stereocenters. The van der Waals surface area contributed by atoms with E-state index < -0.39 is 0 Å². The summed E-state index contributed by atoms with van der Waals surface area (Å²) in [7, 11) is 0. The van der Waals surface area contributed by atoms with Crippen LogP contribution < -0.4 is 0 Å². The minimum absolute atomic E-state index is 0.320. The third kappa shape index (κ3) is 1.76. The van der Waals surface area contributed by atoms with E-state index >= 15 is 0 Å². The Bertz CT molecular complexity index is 693. The molecular weight excluding hydrogens is 241 g/mol. The largest absolute Gasteiger partial charge is 0.244 e. The minimum atomic E-state index is -0.320. The molecule has 0 saturated carbocycles. The van der Waals surface area contributed by atoms with Crippen LogP contribution in [-0.4, -0.2) is 14.8 Å². The fourth-order valence-electron chi connectivity index (χ4n) is 1.65. The Morgan fingerprint density at radius 2 is 2.06 bits per heavy atom. The zero-order valence-electron chi connectivity index (χ0n) is 8.64. The monoisotopic (exact) mass is 247 g/mol. The first-order valence-corrected chi connectivity index (χ1v) is 5.38. The van der Waals surface area contributed by atoms with Crippen molar-refractivity contribution in [1.29, 1.82) is 0 Å². The molecule has 2 aromatic heterocycles. The highest BCUT2D eigenvalue weighted by Gasteiger charge is 2.07. The molecule has 1 aromatic carbocycles. The number of hydrogen-bond donors (Lipinski definition) is 0. The van der Waals surface area contributed by atoms with Crippen molar-refractivity contribution in [1.82, 2.24) is 14.8 Å². The molecule has 0 fully saturated rings. The molecule has 17 heavy (non-hydrogen) atoms. The molecule has 5 heteroatoms. The highest BCUT2D eigenvalue weighted by atomic mass is 35.5. The summed E-state index contributed by atoms with van der Waals surface area (Å²) in [6.07, 6.45) is 3.33. The van der Waals surface area contributed by atoms with Crippen LogP contribution in [-0.2, 0) is 0 Å². The van der Waals surface area contributed by atoms with Crippen LogP contribution >= 0.6 is 11.6 Å². The second-order valence-electron chi connectivity index (χ2n) is 3.59. The predicted octanol–water partition coefficient (Wildman–Crippen LogP) is 3.21. The summed E-state index contributed by atoms with van der Waals surface area (Å²) in [6.45, 7) is 0. The normalized spacial score (nSPS) is 10.9. The van der Waals surface area contributed by atoms with Gasteiger partial charge in [-0.25, -0.2) is 14.1 Å². The van der Waals surface area contributed by atoms with Crippen molar-refractivity contribution < 1.29 is 4.39 Å². The lowest BCUT2D eigenvalue weighted by Gasteiger charge is -2.00. The van der Waals surface area contributed by atoms with Crippen molar-refractivity contribution in [2.24, 2.45) is 0 Å². The Morgan fingerprint density at radius 3 is 2.88 bits per heavy atom. The fourth-order valence-corrected chi connectivity index (χ4v) is 1.81. The first kappa shape index (κ1) is 10.2. The maximum Gasteiger partial charge on any atom is 0.148 e. The number of nitrogens with zero attached hydrogens (tertiary/aromatic N) is 3. The molecule has 0 unspecified atom stereocenters. The van der Waals surface area contributed by atoms with E-state index in [1.165, 1.54) is 10.7 Å². The maximum atomic E-state index is 13.6. The summed E-state index contributed by atoms with van der Waals surface area (Å²) < 4.78 is 15.1. The van der Waals surface area contributed by atoms with Gasteiger partial charge in [-0.05, 0) is 12.1 Å². The molecule has 0 N–H and O–H groups in total. The van der Waals surface area contributed by atoms with Crippen molar-refractivity contribution >= 4 is 22.5 Å². The predicted molar refractivity (Wildman–Crippen MR) is 63.8 cm³/mol. The zero-order valence-corrected chi connectivity index (χ0v) is 9.39. The Labute approximate surface area is 101 Å². The number of hydrogen-bond acceptors (Lipinski definition) is 2. The van der Waals surface area contributed by atoms with Gasteiger partial charge in [0.15, 0.2) is 0 Å². The van der Waals surface area contributed by atoms with E-state index in [1.54, 1.807) is 36.7 Å². The highest BCUT2D eigenvalue weighted by molar-refractivity contribution is 6.29. The maximum absolute atomic E-state index is 13.6. The van der Waals surface area contributed by atoms with Crippen molar-refractivity contribution in [2.75, 3.05) is 0 Å². The average Bonchev–Trinajstić information content (AvgIpc) is 2.72. The molecular formula is C12H7ClFN3. The van der Waals surface area contributed by atoms with Gasteiger partial charge in [0, 0.05) is 23.8 Å². The second kappa shape index (κ2) is 3.82. The molecule has 3 rings (SSSR count). The summed E-state index contributed by atoms with van der Waals surface area (Å²) in [5.74, 6) is -0.320. The van der Waals surface area contributed by atoms with E-state index in [9.17, 15) is 4.39 Å². The molecule has 0 bridgehead atoms. The Balaban J connectivity index is 2.22. The van der Waals surface area contributed by atoms with Gasteiger partial charge < -0.3 is 0 Å². The number of benzene rings is 1.